The van der Waals surface area contributed by atoms with E-state index in [4.69, 9.17) is 18.9 Å². The molecular formula is C29H55NO8. The molecule has 0 spiro atoms. The summed E-state index contributed by atoms with van der Waals surface area (Å²) in [5, 5.41) is 11.5. The molecular weight excluding hydrogens is 490 g/mol. The highest BCUT2D eigenvalue weighted by Crippen LogP contribution is 2.12. The summed E-state index contributed by atoms with van der Waals surface area (Å²) < 4.78 is 22.1. The van der Waals surface area contributed by atoms with Crippen LogP contribution in [0.1, 0.15) is 110 Å². The molecule has 0 aliphatic carbocycles. The Bertz CT molecular complexity index is 620. The summed E-state index contributed by atoms with van der Waals surface area (Å²) in [5.41, 5.74) is 0. The Balaban J connectivity index is 4.68. The SMILES string of the molecule is CCCCCCCCCCC(=O)OC(COC(=O)CCCCCCC)COC(OCC[N+](C)(C)C)C(=O)[O-]. The Morgan fingerprint density at radius 1 is 0.684 bits per heavy atom. The third kappa shape index (κ3) is 23.4. The smallest absolute Gasteiger partial charge is 0.306 e. The first-order valence-corrected chi connectivity index (χ1v) is 14.7. The Hall–Kier alpha value is -1.71. The second-order valence-corrected chi connectivity index (χ2v) is 11.1. The number of unbranched alkanes of at least 4 members (excludes halogenated alkanes) is 11. The van der Waals surface area contributed by atoms with Crippen molar-refractivity contribution in [3.05, 3.63) is 0 Å². The van der Waals surface area contributed by atoms with Gasteiger partial charge >= 0.3 is 11.9 Å². The molecule has 2 atom stereocenters. The van der Waals surface area contributed by atoms with Gasteiger partial charge in [-0.3, -0.25) is 9.59 Å². The summed E-state index contributed by atoms with van der Waals surface area (Å²) in [5.74, 6) is -2.31. The number of ether oxygens (including phenoxy) is 4. The van der Waals surface area contributed by atoms with Crippen molar-refractivity contribution in [2.75, 3.05) is 47.5 Å². The van der Waals surface area contributed by atoms with E-state index in [9.17, 15) is 19.5 Å². The largest absolute Gasteiger partial charge is 0.545 e. The number of carboxylic acid groups (broad SMARTS) is 1. The fourth-order valence-electron chi connectivity index (χ4n) is 3.71. The van der Waals surface area contributed by atoms with Crippen molar-refractivity contribution in [1.82, 2.24) is 0 Å². The van der Waals surface area contributed by atoms with Crippen LogP contribution in [-0.2, 0) is 33.3 Å². The summed E-state index contributed by atoms with van der Waals surface area (Å²) >= 11 is 0. The summed E-state index contributed by atoms with van der Waals surface area (Å²) in [6.07, 6.45) is 11.9. The van der Waals surface area contributed by atoms with Crippen molar-refractivity contribution in [1.29, 1.82) is 0 Å². The molecule has 0 aliphatic heterocycles. The quantitative estimate of drug-likeness (QED) is 0.0690. The van der Waals surface area contributed by atoms with Crippen LogP contribution in [-0.4, -0.2) is 82.3 Å². The number of carbonyl (C=O) groups excluding carboxylic acids is 3. The van der Waals surface area contributed by atoms with E-state index >= 15 is 0 Å². The second-order valence-electron chi connectivity index (χ2n) is 11.1. The zero-order valence-corrected chi connectivity index (χ0v) is 24.8. The van der Waals surface area contributed by atoms with Gasteiger partial charge in [-0.05, 0) is 12.8 Å². The number of hydrogen-bond acceptors (Lipinski definition) is 8. The fourth-order valence-corrected chi connectivity index (χ4v) is 3.71. The van der Waals surface area contributed by atoms with E-state index in [0.717, 1.165) is 44.9 Å². The van der Waals surface area contributed by atoms with Crippen LogP contribution in [0.25, 0.3) is 0 Å². The predicted molar refractivity (Wildman–Crippen MR) is 145 cm³/mol. The van der Waals surface area contributed by atoms with E-state index in [0.29, 0.717) is 23.9 Å². The average molecular weight is 546 g/mol. The van der Waals surface area contributed by atoms with Gasteiger partial charge in [0.05, 0.1) is 40.3 Å². The number of nitrogens with zero attached hydrogens (tertiary/aromatic N) is 1. The van der Waals surface area contributed by atoms with Crippen molar-refractivity contribution in [3.8, 4) is 0 Å². The minimum atomic E-state index is -1.61. The molecule has 0 aliphatic rings. The van der Waals surface area contributed by atoms with Crippen LogP contribution >= 0.6 is 0 Å². The molecule has 0 amide bonds. The number of carboxylic acids is 1. The van der Waals surface area contributed by atoms with Gasteiger partial charge in [-0.15, -0.1) is 0 Å². The van der Waals surface area contributed by atoms with E-state index in [1.165, 1.54) is 32.1 Å². The summed E-state index contributed by atoms with van der Waals surface area (Å²) in [6, 6.07) is 0. The Morgan fingerprint density at radius 2 is 1.18 bits per heavy atom. The van der Waals surface area contributed by atoms with Crippen LogP contribution < -0.4 is 5.11 Å². The summed E-state index contributed by atoms with van der Waals surface area (Å²) in [4.78, 5) is 36.1. The van der Waals surface area contributed by atoms with Gasteiger partial charge in [-0.2, -0.15) is 0 Å². The Kier molecular flexibility index (Phi) is 22.2. The van der Waals surface area contributed by atoms with Gasteiger partial charge in [-0.1, -0.05) is 84.5 Å². The van der Waals surface area contributed by atoms with Crippen molar-refractivity contribution >= 4 is 17.9 Å². The number of likely N-dealkylation sites (N-methyl/N-ethyl adjacent to an activating group) is 1. The zero-order valence-electron chi connectivity index (χ0n) is 24.8. The number of aliphatic carboxylic acids is 1. The molecule has 224 valence electrons. The molecule has 0 fully saturated rings. The first-order valence-electron chi connectivity index (χ1n) is 14.7. The molecule has 0 aromatic rings. The minimum Gasteiger partial charge on any atom is -0.545 e. The number of carbonyl (C=O) groups is 3. The molecule has 0 rings (SSSR count). The predicted octanol–water partition coefficient (Wildman–Crippen LogP) is 4.15. The van der Waals surface area contributed by atoms with Gasteiger partial charge in [0.2, 0.25) is 0 Å². The monoisotopic (exact) mass is 545 g/mol. The fraction of sp³-hybridized carbons (Fsp3) is 0.897. The number of esters is 2. The van der Waals surface area contributed by atoms with Crippen molar-refractivity contribution in [2.45, 2.75) is 123 Å². The van der Waals surface area contributed by atoms with E-state index < -0.39 is 24.3 Å². The lowest BCUT2D eigenvalue weighted by Crippen LogP contribution is -2.44. The number of rotatable bonds is 26. The highest BCUT2D eigenvalue weighted by atomic mass is 16.7. The van der Waals surface area contributed by atoms with E-state index in [1.807, 2.05) is 21.1 Å². The molecule has 0 saturated heterocycles. The Labute approximate surface area is 231 Å². The highest BCUT2D eigenvalue weighted by molar-refractivity contribution is 5.70. The lowest BCUT2D eigenvalue weighted by atomic mass is 10.1. The molecule has 0 radical (unpaired) electrons. The topological polar surface area (TPSA) is 111 Å². The van der Waals surface area contributed by atoms with Crippen LogP contribution in [0.15, 0.2) is 0 Å². The first-order chi connectivity index (χ1) is 18.1. The lowest BCUT2D eigenvalue weighted by Gasteiger charge is -2.26. The maximum atomic E-state index is 12.4. The summed E-state index contributed by atoms with van der Waals surface area (Å²) in [6.45, 7) is 4.56. The van der Waals surface area contributed by atoms with Crippen LogP contribution in [0.5, 0.6) is 0 Å². The van der Waals surface area contributed by atoms with Crippen molar-refractivity contribution in [3.63, 3.8) is 0 Å². The average Bonchev–Trinajstić information content (AvgIpc) is 2.84. The molecule has 38 heavy (non-hydrogen) atoms. The second kappa shape index (κ2) is 23.2. The molecule has 0 bridgehead atoms. The normalized spacial score (nSPS) is 13.2. The zero-order chi connectivity index (χ0) is 28.7. The molecule has 0 aromatic carbocycles. The van der Waals surface area contributed by atoms with Crippen LogP contribution in [0.2, 0.25) is 0 Å². The van der Waals surface area contributed by atoms with Gasteiger partial charge < -0.3 is 33.3 Å². The maximum Gasteiger partial charge on any atom is 0.306 e. The maximum absolute atomic E-state index is 12.4. The molecule has 0 N–H and O–H groups in total. The Morgan fingerprint density at radius 3 is 1.68 bits per heavy atom. The lowest BCUT2D eigenvalue weighted by molar-refractivity contribution is -0.870. The van der Waals surface area contributed by atoms with Crippen LogP contribution in [0.3, 0.4) is 0 Å². The van der Waals surface area contributed by atoms with Crippen molar-refractivity contribution in [2.24, 2.45) is 0 Å². The third-order valence-electron chi connectivity index (χ3n) is 6.10. The standard InChI is InChI=1S/C29H55NO8/c1-6-8-10-12-13-14-16-18-20-27(32)38-25(23-36-26(31)19-17-15-11-9-7-2)24-37-29(28(33)34)35-22-21-30(3,4)5/h25,29H,6-24H2,1-5H3. The third-order valence-corrected chi connectivity index (χ3v) is 6.10. The van der Waals surface area contributed by atoms with Gasteiger partial charge in [0.25, 0.3) is 0 Å². The molecule has 0 saturated carbocycles. The number of quaternary nitrogens is 1. The van der Waals surface area contributed by atoms with Crippen molar-refractivity contribution < 1.29 is 42.9 Å². The molecule has 0 aromatic heterocycles. The number of hydrogen-bond donors (Lipinski definition) is 0. The van der Waals surface area contributed by atoms with Gasteiger partial charge in [0.1, 0.15) is 13.2 Å². The minimum absolute atomic E-state index is 0.151. The van der Waals surface area contributed by atoms with Gasteiger partial charge in [-0.25, -0.2) is 0 Å². The molecule has 0 heterocycles. The van der Waals surface area contributed by atoms with E-state index in [2.05, 4.69) is 13.8 Å². The molecule has 9 nitrogen and oxygen atoms in total. The van der Waals surface area contributed by atoms with E-state index in [-0.39, 0.29) is 32.2 Å². The first kappa shape index (κ1) is 36.3. The molecule has 9 heteroatoms. The van der Waals surface area contributed by atoms with Gasteiger partial charge in [0.15, 0.2) is 12.4 Å². The van der Waals surface area contributed by atoms with Crippen LogP contribution in [0.4, 0.5) is 0 Å². The van der Waals surface area contributed by atoms with Crippen LogP contribution in [0, 0.1) is 0 Å². The van der Waals surface area contributed by atoms with E-state index in [1.54, 1.807) is 0 Å². The molecule has 2 unspecified atom stereocenters. The van der Waals surface area contributed by atoms with Gasteiger partial charge in [0, 0.05) is 12.8 Å². The highest BCUT2D eigenvalue weighted by Gasteiger charge is 2.21. The summed E-state index contributed by atoms with van der Waals surface area (Å²) in [7, 11) is 5.87.